The first kappa shape index (κ1) is 19.1. The van der Waals surface area contributed by atoms with Crippen LogP contribution < -0.4 is 4.90 Å². The topological polar surface area (TPSA) is 74.8 Å². The van der Waals surface area contributed by atoms with Crippen molar-refractivity contribution in [3.8, 4) is 0 Å². The average molecular weight is 386 g/mol. The Hall–Kier alpha value is -2.67. The molecule has 2 aromatic rings. The summed E-state index contributed by atoms with van der Waals surface area (Å²) in [6.07, 6.45) is 0.211. The number of likely N-dealkylation sites (N-methyl/N-ethyl adjacent to an activating group) is 1. The van der Waals surface area contributed by atoms with E-state index in [-0.39, 0.29) is 17.7 Å². The zero-order valence-corrected chi connectivity index (χ0v) is 16.4. The van der Waals surface area contributed by atoms with Crippen LogP contribution in [0.5, 0.6) is 0 Å². The van der Waals surface area contributed by atoms with Gasteiger partial charge in [0, 0.05) is 19.2 Å². The first-order chi connectivity index (χ1) is 12.7. The molecule has 1 aliphatic heterocycles. The summed E-state index contributed by atoms with van der Waals surface area (Å²) < 4.78 is 26.8. The average Bonchev–Trinajstić information content (AvgIpc) is 3.04. The summed E-state index contributed by atoms with van der Waals surface area (Å²) in [5.41, 5.74) is 2.62. The summed E-state index contributed by atoms with van der Waals surface area (Å²) in [6, 6.07) is 12.6. The Kier molecular flexibility index (Phi) is 5.06. The normalized spacial score (nSPS) is 17.2. The largest absolute Gasteiger partial charge is 0.314 e. The van der Waals surface area contributed by atoms with Gasteiger partial charge in [-0.2, -0.15) is 0 Å². The van der Waals surface area contributed by atoms with Crippen molar-refractivity contribution in [2.75, 3.05) is 11.9 Å². The second kappa shape index (κ2) is 7.15. The highest BCUT2D eigenvalue weighted by Crippen LogP contribution is 2.29. The first-order valence-corrected chi connectivity index (χ1v) is 10.1. The fourth-order valence-electron chi connectivity index (χ4n) is 3.13. The van der Waals surface area contributed by atoms with Gasteiger partial charge in [0.15, 0.2) is 0 Å². The first-order valence-electron chi connectivity index (χ1n) is 8.70. The summed E-state index contributed by atoms with van der Waals surface area (Å²) in [4.78, 5) is 26.8. The molecule has 1 fully saturated rings. The molecule has 0 unspecified atom stereocenters. The molecular weight excluding hydrogens is 364 g/mol. The van der Waals surface area contributed by atoms with Crippen LogP contribution in [0.2, 0.25) is 0 Å². The second-order valence-electron chi connectivity index (χ2n) is 6.79. The Balaban J connectivity index is 1.92. The molecule has 1 atom stereocenters. The van der Waals surface area contributed by atoms with E-state index in [1.807, 2.05) is 26.0 Å². The van der Waals surface area contributed by atoms with E-state index >= 15 is 0 Å². The smallest absolute Gasteiger partial charge is 0.267 e. The van der Waals surface area contributed by atoms with Crippen LogP contribution >= 0.6 is 0 Å². The van der Waals surface area contributed by atoms with Crippen molar-refractivity contribution in [2.24, 2.45) is 0 Å². The van der Waals surface area contributed by atoms with Crippen LogP contribution in [0.3, 0.4) is 0 Å². The van der Waals surface area contributed by atoms with E-state index in [0.717, 1.165) is 15.4 Å². The van der Waals surface area contributed by atoms with Gasteiger partial charge in [0.2, 0.25) is 5.91 Å². The van der Waals surface area contributed by atoms with E-state index in [0.29, 0.717) is 5.69 Å². The number of carbonyl (C=O) groups excluding carboxylic acids is 2. The predicted octanol–water partition coefficient (Wildman–Crippen LogP) is 2.65. The van der Waals surface area contributed by atoms with Gasteiger partial charge in [-0.05, 0) is 44.5 Å². The van der Waals surface area contributed by atoms with Crippen LogP contribution in [0.15, 0.2) is 53.4 Å². The number of rotatable bonds is 4. The molecule has 2 aromatic carbocycles. The lowest BCUT2D eigenvalue weighted by molar-refractivity contribution is -0.129. The van der Waals surface area contributed by atoms with Gasteiger partial charge < -0.3 is 4.90 Å². The number of amides is 2. The molecule has 7 heteroatoms. The van der Waals surface area contributed by atoms with E-state index in [1.165, 1.54) is 17.0 Å². The summed E-state index contributed by atoms with van der Waals surface area (Å²) in [7, 11) is -2.50. The van der Waals surface area contributed by atoms with Gasteiger partial charge in [0.1, 0.15) is 6.04 Å². The van der Waals surface area contributed by atoms with E-state index in [9.17, 15) is 18.0 Å². The van der Waals surface area contributed by atoms with E-state index in [1.54, 1.807) is 31.3 Å². The minimum atomic E-state index is -4.08. The van der Waals surface area contributed by atoms with Crippen molar-refractivity contribution in [1.82, 2.24) is 4.31 Å². The van der Waals surface area contributed by atoms with Crippen LogP contribution in [0.1, 0.15) is 24.0 Å². The van der Waals surface area contributed by atoms with Crippen molar-refractivity contribution < 1.29 is 18.0 Å². The molecule has 0 saturated carbocycles. The maximum Gasteiger partial charge on any atom is 0.267 e. The number of carbonyl (C=O) groups is 2. The summed E-state index contributed by atoms with van der Waals surface area (Å²) in [5, 5.41) is 0. The second-order valence-corrected chi connectivity index (χ2v) is 8.61. The third kappa shape index (κ3) is 3.60. The van der Waals surface area contributed by atoms with Crippen LogP contribution in [0.25, 0.3) is 0 Å². The molecule has 27 heavy (non-hydrogen) atoms. The number of sulfonamides is 1. The molecule has 1 saturated heterocycles. The zero-order chi connectivity index (χ0) is 19.8. The number of hydrogen-bond acceptors (Lipinski definition) is 4. The molecule has 142 valence electrons. The highest BCUT2D eigenvalue weighted by atomic mass is 32.2. The molecule has 0 spiro atoms. The standard InChI is InChI=1S/C20H22N2O4S/c1-14-4-8-16(9-5-14)21(3)20(24)18-12-13-19(23)22(18)27(25,26)17-10-6-15(2)7-11-17/h4-11,18H,12-13H2,1-3H3/t18-/m1/s1. The van der Waals surface area contributed by atoms with Crippen molar-refractivity contribution >= 4 is 27.5 Å². The summed E-state index contributed by atoms with van der Waals surface area (Å²) >= 11 is 0. The number of anilines is 1. The van der Waals surface area contributed by atoms with E-state index in [4.69, 9.17) is 0 Å². The lowest BCUT2D eigenvalue weighted by Crippen LogP contribution is -2.48. The molecule has 3 rings (SSSR count). The molecule has 1 aliphatic rings. The zero-order valence-electron chi connectivity index (χ0n) is 15.5. The molecule has 0 aliphatic carbocycles. The van der Waals surface area contributed by atoms with Gasteiger partial charge in [0.05, 0.1) is 4.90 Å². The van der Waals surface area contributed by atoms with E-state index < -0.39 is 27.9 Å². The summed E-state index contributed by atoms with van der Waals surface area (Å²) in [6.45, 7) is 3.79. The molecule has 0 aromatic heterocycles. The van der Waals surface area contributed by atoms with Crippen molar-refractivity contribution in [1.29, 1.82) is 0 Å². The molecule has 0 radical (unpaired) electrons. The molecule has 0 N–H and O–H groups in total. The van der Waals surface area contributed by atoms with Crippen LogP contribution in [0, 0.1) is 13.8 Å². The molecular formula is C20H22N2O4S. The van der Waals surface area contributed by atoms with Gasteiger partial charge in [-0.1, -0.05) is 35.4 Å². The minimum Gasteiger partial charge on any atom is -0.314 e. The molecule has 1 heterocycles. The van der Waals surface area contributed by atoms with Crippen LogP contribution in [-0.4, -0.2) is 37.6 Å². The van der Waals surface area contributed by atoms with Crippen molar-refractivity contribution in [3.63, 3.8) is 0 Å². The fraction of sp³-hybridized carbons (Fsp3) is 0.300. The maximum absolute atomic E-state index is 13.0. The highest BCUT2D eigenvalue weighted by molar-refractivity contribution is 7.89. The van der Waals surface area contributed by atoms with Gasteiger partial charge in [-0.25, -0.2) is 12.7 Å². The maximum atomic E-state index is 13.0. The van der Waals surface area contributed by atoms with Crippen LogP contribution in [-0.2, 0) is 19.6 Å². The lowest BCUT2D eigenvalue weighted by atomic mass is 10.1. The van der Waals surface area contributed by atoms with Gasteiger partial charge in [-0.3, -0.25) is 9.59 Å². The Morgan fingerprint density at radius 3 is 2.07 bits per heavy atom. The molecule has 6 nitrogen and oxygen atoms in total. The number of nitrogens with zero attached hydrogens (tertiary/aromatic N) is 2. The Morgan fingerprint density at radius 2 is 1.52 bits per heavy atom. The monoisotopic (exact) mass is 386 g/mol. The Morgan fingerprint density at radius 1 is 1.00 bits per heavy atom. The van der Waals surface area contributed by atoms with Crippen LogP contribution in [0.4, 0.5) is 5.69 Å². The number of aryl methyl sites for hydroxylation is 2. The third-order valence-electron chi connectivity index (χ3n) is 4.78. The Bertz CT molecular complexity index is 966. The minimum absolute atomic E-state index is 0.0131. The predicted molar refractivity (Wildman–Crippen MR) is 103 cm³/mol. The van der Waals surface area contributed by atoms with Gasteiger partial charge in [0.25, 0.3) is 15.9 Å². The molecule has 0 bridgehead atoms. The third-order valence-corrected chi connectivity index (χ3v) is 6.62. The number of benzene rings is 2. The van der Waals surface area contributed by atoms with Crippen molar-refractivity contribution in [3.05, 3.63) is 59.7 Å². The SMILES string of the molecule is Cc1ccc(N(C)C(=O)[C@H]2CCC(=O)N2S(=O)(=O)c2ccc(C)cc2)cc1. The quantitative estimate of drug-likeness (QED) is 0.810. The van der Waals surface area contributed by atoms with Crippen molar-refractivity contribution in [2.45, 2.75) is 37.6 Å². The van der Waals surface area contributed by atoms with E-state index in [2.05, 4.69) is 0 Å². The molecule has 2 amide bonds. The Labute approximate surface area is 159 Å². The lowest BCUT2D eigenvalue weighted by Gasteiger charge is -2.27. The van der Waals surface area contributed by atoms with Gasteiger partial charge >= 0.3 is 0 Å². The summed E-state index contributed by atoms with van der Waals surface area (Å²) in [5.74, 6) is -0.966. The highest BCUT2D eigenvalue weighted by Gasteiger charge is 2.45. The van der Waals surface area contributed by atoms with Gasteiger partial charge in [-0.15, -0.1) is 0 Å². The fourth-order valence-corrected chi connectivity index (χ4v) is 4.73. The number of hydrogen-bond donors (Lipinski definition) is 0.